The van der Waals surface area contributed by atoms with Gasteiger partial charge in [-0.05, 0) is 12.1 Å². The van der Waals surface area contributed by atoms with Gasteiger partial charge in [-0.1, -0.05) is 0 Å². The predicted molar refractivity (Wildman–Crippen MR) is 49.4 cm³/mol. The number of nitrogen functional groups attached to an aromatic ring is 1. The summed E-state index contributed by atoms with van der Waals surface area (Å²) in [6.45, 7) is 0. The molecule has 1 aromatic rings. The highest BCUT2D eigenvalue weighted by Gasteiger charge is 2.46. The van der Waals surface area contributed by atoms with Crippen molar-refractivity contribution in [2.24, 2.45) is 0 Å². The molecule has 0 saturated carbocycles. The number of anilines is 2. The van der Waals surface area contributed by atoms with Crippen LogP contribution >= 0.6 is 0 Å². The summed E-state index contributed by atoms with van der Waals surface area (Å²) in [6.07, 6.45) is 0. The van der Waals surface area contributed by atoms with Gasteiger partial charge in [0.25, 0.3) is 0 Å². The van der Waals surface area contributed by atoms with E-state index in [0.717, 1.165) is 16.9 Å². The summed E-state index contributed by atoms with van der Waals surface area (Å²) in [4.78, 5) is 0. The second-order valence-corrected chi connectivity index (χ2v) is 4.46. The van der Waals surface area contributed by atoms with Gasteiger partial charge in [-0.15, -0.1) is 0 Å². The average molecular weight is 258 g/mol. The second-order valence-electron chi connectivity index (χ2n) is 2.78. The van der Waals surface area contributed by atoms with E-state index in [1.54, 1.807) is 0 Å². The van der Waals surface area contributed by atoms with Gasteiger partial charge in [-0.2, -0.15) is 21.6 Å². The van der Waals surface area contributed by atoms with E-state index in [1.165, 1.54) is 0 Å². The lowest BCUT2D eigenvalue weighted by atomic mass is 10.3. The molecule has 16 heavy (non-hydrogen) atoms. The summed E-state index contributed by atoms with van der Waals surface area (Å²) in [5.74, 6) is -0.908. The minimum Gasteiger partial charge on any atom is -0.397 e. The highest BCUT2D eigenvalue weighted by molar-refractivity contribution is 7.93. The summed E-state index contributed by atoms with van der Waals surface area (Å²) < 4.78 is 71.0. The molecule has 0 saturated heterocycles. The van der Waals surface area contributed by atoms with E-state index in [9.17, 15) is 26.0 Å². The molecule has 9 heteroatoms. The van der Waals surface area contributed by atoms with Crippen LogP contribution in [0.2, 0.25) is 0 Å². The Morgan fingerprint density at radius 1 is 1.25 bits per heavy atom. The number of halogens is 4. The lowest BCUT2D eigenvalue weighted by molar-refractivity contribution is -0.0429. The van der Waals surface area contributed by atoms with E-state index < -0.39 is 27.0 Å². The van der Waals surface area contributed by atoms with E-state index in [4.69, 9.17) is 5.73 Å². The van der Waals surface area contributed by atoms with Gasteiger partial charge >= 0.3 is 15.5 Å². The first-order chi connectivity index (χ1) is 7.13. The fourth-order valence-electron chi connectivity index (χ4n) is 0.820. The van der Waals surface area contributed by atoms with E-state index in [0.29, 0.717) is 6.07 Å². The van der Waals surface area contributed by atoms with Gasteiger partial charge in [-0.3, -0.25) is 4.72 Å². The highest BCUT2D eigenvalue weighted by Crippen LogP contribution is 2.28. The van der Waals surface area contributed by atoms with E-state index in [-0.39, 0.29) is 5.69 Å². The van der Waals surface area contributed by atoms with Gasteiger partial charge < -0.3 is 5.73 Å². The SMILES string of the molecule is Nc1ccc(F)cc1NS(=O)(=O)C(F)(F)F. The van der Waals surface area contributed by atoms with Crippen molar-refractivity contribution in [3.63, 3.8) is 0 Å². The molecule has 0 bridgehead atoms. The predicted octanol–water partition coefficient (Wildman–Crippen LogP) is 1.67. The van der Waals surface area contributed by atoms with Crippen molar-refractivity contribution in [3.8, 4) is 0 Å². The Morgan fingerprint density at radius 3 is 2.31 bits per heavy atom. The van der Waals surface area contributed by atoms with Crippen LogP contribution in [0.1, 0.15) is 0 Å². The molecule has 1 rings (SSSR count). The Morgan fingerprint density at radius 2 is 1.81 bits per heavy atom. The van der Waals surface area contributed by atoms with Crippen molar-refractivity contribution in [1.29, 1.82) is 0 Å². The Hall–Kier alpha value is -1.51. The number of benzene rings is 1. The van der Waals surface area contributed by atoms with E-state index >= 15 is 0 Å². The lowest BCUT2D eigenvalue weighted by Gasteiger charge is -2.12. The normalized spacial score (nSPS) is 12.5. The van der Waals surface area contributed by atoms with Crippen molar-refractivity contribution < 1.29 is 26.0 Å². The summed E-state index contributed by atoms with van der Waals surface area (Å²) >= 11 is 0. The fraction of sp³-hybridized carbons (Fsp3) is 0.143. The van der Waals surface area contributed by atoms with Crippen molar-refractivity contribution in [2.45, 2.75) is 5.51 Å². The van der Waals surface area contributed by atoms with Crippen LogP contribution in [0.15, 0.2) is 18.2 Å². The molecule has 4 nitrogen and oxygen atoms in total. The molecule has 0 aliphatic heterocycles. The number of alkyl halides is 3. The van der Waals surface area contributed by atoms with Crippen LogP contribution in [-0.2, 0) is 10.0 Å². The van der Waals surface area contributed by atoms with Gasteiger partial charge in [0.2, 0.25) is 0 Å². The molecular formula is C7H6F4N2O2S. The smallest absolute Gasteiger partial charge is 0.397 e. The Balaban J connectivity index is 3.11. The first-order valence-electron chi connectivity index (χ1n) is 3.77. The van der Waals surface area contributed by atoms with Crippen molar-refractivity contribution >= 4 is 21.4 Å². The maximum Gasteiger partial charge on any atom is 0.516 e. The number of nitrogens with one attached hydrogen (secondary N) is 1. The molecule has 0 amide bonds. The maximum atomic E-state index is 12.6. The number of hydrogen-bond donors (Lipinski definition) is 2. The topological polar surface area (TPSA) is 72.2 Å². The molecular weight excluding hydrogens is 252 g/mol. The zero-order valence-corrected chi connectivity index (χ0v) is 8.36. The van der Waals surface area contributed by atoms with E-state index in [2.05, 4.69) is 0 Å². The Labute approximate surface area is 88.1 Å². The quantitative estimate of drug-likeness (QED) is 0.626. The third-order valence-corrected chi connectivity index (χ3v) is 2.66. The van der Waals surface area contributed by atoms with Crippen molar-refractivity contribution in [3.05, 3.63) is 24.0 Å². The molecule has 3 N–H and O–H groups in total. The largest absolute Gasteiger partial charge is 0.516 e. The molecule has 0 radical (unpaired) electrons. The lowest BCUT2D eigenvalue weighted by Crippen LogP contribution is -2.30. The molecule has 0 spiro atoms. The van der Waals surface area contributed by atoms with Crippen LogP contribution in [0.4, 0.5) is 28.9 Å². The second kappa shape index (κ2) is 3.81. The number of sulfonamides is 1. The maximum absolute atomic E-state index is 12.6. The molecule has 0 heterocycles. The molecule has 0 unspecified atom stereocenters. The first-order valence-corrected chi connectivity index (χ1v) is 5.26. The van der Waals surface area contributed by atoms with E-state index in [1.807, 2.05) is 0 Å². The molecule has 90 valence electrons. The van der Waals surface area contributed by atoms with Crippen LogP contribution in [-0.4, -0.2) is 13.9 Å². The van der Waals surface area contributed by atoms with Crippen LogP contribution in [0.25, 0.3) is 0 Å². The first kappa shape index (κ1) is 12.6. The number of nitrogens with two attached hydrogens (primary N) is 1. The van der Waals surface area contributed by atoms with Gasteiger partial charge in [0.1, 0.15) is 5.82 Å². The molecule has 0 fully saturated rings. The third-order valence-electron chi connectivity index (χ3n) is 1.56. The van der Waals surface area contributed by atoms with Gasteiger partial charge in [0.05, 0.1) is 11.4 Å². The van der Waals surface area contributed by atoms with Crippen LogP contribution in [0.5, 0.6) is 0 Å². The zero-order chi connectivity index (χ0) is 12.6. The summed E-state index contributed by atoms with van der Waals surface area (Å²) in [7, 11) is -5.59. The summed E-state index contributed by atoms with van der Waals surface area (Å²) in [5, 5.41) is 0. The highest BCUT2D eigenvalue weighted by atomic mass is 32.2. The Bertz CT molecular complexity index is 498. The fourth-order valence-corrected chi connectivity index (χ4v) is 1.40. The Kier molecular flexibility index (Phi) is 2.99. The summed E-state index contributed by atoms with van der Waals surface area (Å²) in [6, 6.07) is 2.39. The van der Waals surface area contributed by atoms with Gasteiger partial charge in [0.15, 0.2) is 0 Å². The third kappa shape index (κ3) is 2.54. The average Bonchev–Trinajstić information content (AvgIpc) is 2.09. The minimum atomic E-state index is -5.59. The van der Waals surface area contributed by atoms with Crippen LogP contribution in [0, 0.1) is 5.82 Å². The molecule has 0 atom stereocenters. The van der Waals surface area contributed by atoms with Crippen LogP contribution < -0.4 is 10.5 Å². The zero-order valence-electron chi connectivity index (χ0n) is 7.55. The molecule has 0 aliphatic carbocycles. The molecule has 0 aromatic heterocycles. The monoisotopic (exact) mass is 258 g/mol. The molecule has 0 aliphatic rings. The van der Waals surface area contributed by atoms with Crippen LogP contribution in [0.3, 0.4) is 0 Å². The number of rotatable bonds is 2. The summed E-state index contributed by atoms with van der Waals surface area (Å²) in [5.41, 5.74) is -1.27. The van der Waals surface area contributed by atoms with Gasteiger partial charge in [-0.25, -0.2) is 4.39 Å². The van der Waals surface area contributed by atoms with Crippen molar-refractivity contribution in [2.75, 3.05) is 10.5 Å². The molecule has 1 aromatic carbocycles. The standard InChI is InChI=1S/C7H6F4N2O2S/c8-4-1-2-5(12)6(3-4)13-16(14,15)7(9,10)11/h1-3,13H,12H2. The minimum absolute atomic E-state index is 0.311. The van der Waals surface area contributed by atoms with Crippen molar-refractivity contribution in [1.82, 2.24) is 0 Å². The number of hydrogen-bond acceptors (Lipinski definition) is 3. The van der Waals surface area contributed by atoms with Gasteiger partial charge in [0, 0.05) is 6.07 Å².